The van der Waals surface area contributed by atoms with Gasteiger partial charge in [-0.1, -0.05) is 0 Å². The van der Waals surface area contributed by atoms with Crippen molar-refractivity contribution in [1.82, 2.24) is 9.21 Å². The molecule has 1 saturated heterocycles. The van der Waals surface area contributed by atoms with Crippen molar-refractivity contribution in [2.45, 2.75) is 50.5 Å². The number of benzene rings is 2. The van der Waals surface area contributed by atoms with Crippen LogP contribution in [0.25, 0.3) is 0 Å². The number of methoxy groups -OCH3 is 1. The van der Waals surface area contributed by atoms with E-state index in [1.165, 1.54) is 17.8 Å². The molecule has 1 aliphatic heterocycles. The van der Waals surface area contributed by atoms with Crippen LogP contribution in [-0.4, -0.2) is 77.5 Å². The van der Waals surface area contributed by atoms with E-state index in [4.69, 9.17) is 4.74 Å². The van der Waals surface area contributed by atoms with E-state index in [-0.39, 0.29) is 23.8 Å². The standard InChI is InChI=1S/C27H40N4O4S/c1-20-18-25(35-6)19-21(2)27(20)36(33,34)30(5)16-14-26(32)28-22-9-11-24(12-10-22)31-15-7-8-23(13-17-31)29(3)4/h9-12,18-19,23H,7-8,13-17H2,1-6H3,(H,28,32). The third-order valence-electron chi connectivity index (χ3n) is 6.94. The number of hydrogen-bond donors (Lipinski definition) is 1. The first kappa shape index (κ1) is 28.0. The highest BCUT2D eigenvalue weighted by Crippen LogP contribution is 2.28. The van der Waals surface area contributed by atoms with Gasteiger partial charge in [-0.25, -0.2) is 12.7 Å². The van der Waals surface area contributed by atoms with Crippen LogP contribution in [-0.2, 0) is 14.8 Å². The van der Waals surface area contributed by atoms with E-state index in [0.29, 0.717) is 28.6 Å². The second kappa shape index (κ2) is 12.1. The Bertz CT molecular complexity index is 1130. The number of sulfonamides is 1. The molecule has 198 valence electrons. The maximum absolute atomic E-state index is 13.2. The predicted molar refractivity (Wildman–Crippen MR) is 146 cm³/mol. The van der Waals surface area contributed by atoms with Crippen LogP contribution < -0.4 is 15.0 Å². The Balaban J connectivity index is 1.56. The van der Waals surface area contributed by atoms with Crippen molar-refractivity contribution in [2.24, 2.45) is 0 Å². The molecule has 1 heterocycles. The zero-order valence-corrected chi connectivity index (χ0v) is 23.2. The highest BCUT2D eigenvalue weighted by molar-refractivity contribution is 7.89. The second-order valence-electron chi connectivity index (χ2n) is 9.80. The second-order valence-corrected chi connectivity index (χ2v) is 11.8. The Labute approximate surface area is 216 Å². The minimum absolute atomic E-state index is 0.0593. The zero-order valence-electron chi connectivity index (χ0n) is 22.4. The van der Waals surface area contributed by atoms with Crippen molar-refractivity contribution in [3.8, 4) is 5.75 Å². The first-order valence-electron chi connectivity index (χ1n) is 12.5. The lowest BCUT2D eigenvalue weighted by atomic mass is 10.1. The number of aryl methyl sites for hydroxylation is 2. The average Bonchev–Trinajstić information content (AvgIpc) is 3.09. The van der Waals surface area contributed by atoms with Gasteiger partial charge in [0.25, 0.3) is 0 Å². The Morgan fingerprint density at radius 3 is 2.28 bits per heavy atom. The van der Waals surface area contributed by atoms with Crippen LogP contribution in [0.3, 0.4) is 0 Å². The molecule has 1 unspecified atom stereocenters. The molecule has 0 aliphatic carbocycles. The van der Waals surface area contributed by atoms with Gasteiger partial charge in [0.2, 0.25) is 15.9 Å². The predicted octanol–water partition coefficient (Wildman–Crippen LogP) is 3.88. The summed E-state index contributed by atoms with van der Waals surface area (Å²) in [6, 6.07) is 11.9. The number of nitrogens with zero attached hydrogens (tertiary/aromatic N) is 3. The molecule has 9 heteroatoms. The van der Waals surface area contributed by atoms with Crippen LogP contribution in [0, 0.1) is 13.8 Å². The lowest BCUT2D eigenvalue weighted by Crippen LogP contribution is -2.31. The molecule has 2 aromatic rings. The molecule has 0 radical (unpaired) electrons. The molecule has 0 bridgehead atoms. The largest absolute Gasteiger partial charge is 0.497 e. The molecule has 1 atom stereocenters. The Kier molecular flexibility index (Phi) is 9.38. The smallest absolute Gasteiger partial charge is 0.243 e. The summed E-state index contributed by atoms with van der Waals surface area (Å²) in [6.45, 7) is 5.63. The number of carbonyl (C=O) groups is 1. The zero-order chi connectivity index (χ0) is 26.5. The van der Waals surface area contributed by atoms with Crippen molar-refractivity contribution in [3.63, 3.8) is 0 Å². The topological polar surface area (TPSA) is 82.2 Å². The lowest BCUT2D eigenvalue weighted by Gasteiger charge is -2.25. The van der Waals surface area contributed by atoms with Crippen molar-refractivity contribution in [1.29, 1.82) is 0 Å². The van der Waals surface area contributed by atoms with E-state index in [1.54, 1.807) is 33.1 Å². The number of rotatable bonds is 9. The lowest BCUT2D eigenvalue weighted by molar-refractivity contribution is -0.116. The normalized spacial score (nSPS) is 16.8. The number of nitrogens with one attached hydrogen (secondary N) is 1. The van der Waals surface area contributed by atoms with Crippen LogP contribution in [0.2, 0.25) is 0 Å². The third kappa shape index (κ3) is 6.78. The molecule has 0 spiro atoms. The fraction of sp³-hybridized carbons (Fsp3) is 0.519. The number of amides is 1. The summed E-state index contributed by atoms with van der Waals surface area (Å²) in [5, 5.41) is 2.89. The summed E-state index contributed by atoms with van der Waals surface area (Å²) in [5.74, 6) is 0.391. The molecule has 8 nitrogen and oxygen atoms in total. The third-order valence-corrected chi connectivity index (χ3v) is 9.10. The fourth-order valence-corrected chi connectivity index (χ4v) is 6.38. The van der Waals surface area contributed by atoms with Gasteiger partial charge < -0.3 is 19.9 Å². The molecule has 1 N–H and O–H groups in total. The summed E-state index contributed by atoms with van der Waals surface area (Å²) < 4.78 is 32.8. The molecule has 0 saturated carbocycles. The van der Waals surface area contributed by atoms with Gasteiger partial charge in [0.05, 0.1) is 12.0 Å². The van der Waals surface area contributed by atoms with Gasteiger partial charge in [0.15, 0.2) is 0 Å². The van der Waals surface area contributed by atoms with Gasteiger partial charge in [-0.3, -0.25) is 4.79 Å². The quantitative estimate of drug-likeness (QED) is 0.545. The Morgan fingerprint density at radius 1 is 1.06 bits per heavy atom. The van der Waals surface area contributed by atoms with Gasteiger partial charge in [0.1, 0.15) is 5.75 Å². The summed E-state index contributed by atoms with van der Waals surface area (Å²) in [5.41, 5.74) is 3.09. The Hall–Kier alpha value is -2.62. The van der Waals surface area contributed by atoms with Gasteiger partial charge in [0, 0.05) is 50.5 Å². The van der Waals surface area contributed by atoms with Crippen LogP contribution in [0.15, 0.2) is 41.3 Å². The van der Waals surface area contributed by atoms with Crippen LogP contribution in [0.5, 0.6) is 5.75 Å². The summed E-state index contributed by atoms with van der Waals surface area (Å²) in [6.07, 6.45) is 3.56. The van der Waals surface area contributed by atoms with Gasteiger partial charge in [-0.2, -0.15) is 0 Å². The first-order valence-corrected chi connectivity index (χ1v) is 13.9. The van der Waals surface area contributed by atoms with Crippen LogP contribution in [0.1, 0.15) is 36.8 Å². The van der Waals surface area contributed by atoms with Gasteiger partial charge in [-0.15, -0.1) is 0 Å². The van der Waals surface area contributed by atoms with E-state index in [9.17, 15) is 13.2 Å². The maximum Gasteiger partial charge on any atom is 0.243 e. The van der Waals surface area contributed by atoms with E-state index in [2.05, 4.69) is 29.2 Å². The van der Waals surface area contributed by atoms with E-state index in [0.717, 1.165) is 31.6 Å². The molecule has 3 rings (SSSR count). The average molecular weight is 517 g/mol. The van der Waals surface area contributed by atoms with E-state index >= 15 is 0 Å². The molecular formula is C27H40N4O4S. The number of ether oxygens (including phenoxy) is 1. The molecule has 0 aromatic heterocycles. The minimum Gasteiger partial charge on any atom is -0.497 e. The fourth-order valence-electron chi connectivity index (χ4n) is 4.80. The first-order chi connectivity index (χ1) is 17.0. The number of carbonyl (C=O) groups excluding carboxylic acids is 1. The van der Waals surface area contributed by atoms with Crippen molar-refractivity contribution < 1.29 is 17.9 Å². The maximum atomic E-state index is 13.2. The summed E-state index contributed by atoms with van der Waals surface area (Å²) in [7, 11) is 3.61. The molecule has 2 aromatic carbocycles. The van der Waals surface area contributed by atoms with Gasteiger partial charge >= 0.3 is 0 Å². The van der Waals surface area contributed by atoms with Crippen LogP contribution >= 0.6 is 0 Å². The van der Waals surface area contributed by atoms with Crippen LogP contribution in [0.4, 0.5) is 11.4 Å². The van der Waals surface area contributed by atoms with E-state index in [1.807, 2.05) is 24.3 Å². The highest BCUT2D eigenvalue weighted by Gasteiger charge is 2.26. The number of hydrogen-bond acceptors (Lipinski definition) is 6. The number of anilines is 2. The molecular weight excluding hydrogens is 476 g/mol. The molecule has 1 amide bonds. The monoisotopic (exact) mass is 516 g/mol. The molecule has 36 heavy (non-hydrogen) atoms. The van der Waals surface area contributed by atoms with Crippen molar-refractivity contribution >= 4 is 27.3 Å². The summed E-state index contributed by atoms with van der Waals surface area (Å²) >= 11 is 0. The van der Waals surface area contributed by atoms with E-state index < -0.39 is 10.0 Å². The Morgan fingerprint density at radius 2 is 1.69 bits per heavy atom. The highest BCUT2D eigenvalue weighted by atomic mass is 32.2. The van der Waals surface area contributed by atoms with Crippen molar-refractivity contribution in [2.75, 3.05) is 58.1 Å². The summed E-state index contributed by atoms with van der Waals surface area (Å²) in [4.78, 5) is 17.5. The minimum atomic E-state index is -3.74. The SMILES string of the molecule is COc1cc(C)c(S(=O)(=O)N(C)CCC(=O)Nc2ccc(N3CCCC(N(C)C)CC3)cc2)c(C)c1. The molecule has 1 aliphatic rings. The van der Waals surface area contributed by atoms with Gasteiger partial charge in [-0.05, 0) is 94.7 Å². The molecule has 1 fully saturated rings. The van der Waals surface area contributed by atoms with Crippen molar-refractivity contribution in [3.05, 3.63) is 47.5 Å².